The molecule has 9 heteroatoms. The second kappa shape index (κ2) is 8.86. The number of hydrogen-bond donors (Lipinski definition) is 2. The highest BCUT2D eigenvalue weighted by Crippen LogP contribution is 2.30. The molecule has 34 heavy (non-hydrogen) atoms. The predicted octanol–water partition coefficient (Wildman–Crippen LogP) is 4.41. The lowest BCUT2D eigenvalue weighted by atomic mass is 10.1. The molecule has 1 fully saturated rings. The van der Waals surface area contributed by atoms with Crippen molar-refractivity contribution in [3.05, 3.63) is 84.4 Å². The molecule has 170 valence electrons. The Balaban J connectivity index is 1.34. The maximum absolute atomic E-state index is 13.6. The summed E-state index contributed by atoms with van der Waals surface area (Å²) in [6.07, 6.45) is -0.0629. The van der Waals surface area contributed by atoms with Crippen LogP contribution in [0, 0.1) is 17.6 Å². The molecule has 1 atom stereocenters. The maximum atomic E-state index is 13.6. The van der Waals surface area contributed by atoms with Gasteiger partial charge in [0.25, 0.3) is 0 Å². The van der Waals surface area contributed by atoms with Crippen LogP contribution in [-0.4, -0.2) is 33.5 Å². The molecule has 1 aliphatic heterocycles. The molecule has 3 aromatic carbocycles. The van der Waals surface area contributed by atoms with E-state index in [9.17, 15) is 18.4 Å². The highest BCUT2D eigenvalue weighted by Gasteiger charge is 2.35. The van der Waals surface area contributed by atoms with Crippen LogP contribution in [-0.2, 0) is 9.59 Å². The minimum atomic E-state index is -0.786. The van der Waals surface area contributed by atoms with Gasteiger partial charge in [0.15, 0.2) is 11.6 Å². The van der Waals surface area contributed by atoms with Crippen LogP contribution in [0.3, 0.4) is 0 Å². The van der Waals surface area contributed by atoms with E-state index in [2.05, 4.69) is 20.5 Å². The molecule has 0 radical (unpaired) electrons. The number of aromatic amines is 1. The van der Waals surface area contributed by atoms with Gasteiger partial charge in [0.05, 0.1) is 11.6 Å². The van der Waals surface area contributed by atoms with Crippen LogP contribution in [0.2, 0.25) is 0 Å². The average molecular weight is 459 g/mol. The number of H-pyrrole nitrogens is 1. The first kappa shape index (κ1) is 21.4. The highest BCUT2D eigenvalue weighted by molar-refractivity contribution is 6.04. The summed E-state index contributed by atoms with van der Waals surface area (Å²) in [7, 11) is 0. The number of nitrogens with zero attached hydrogens (tertiary/aromatic N) is 3. The van der Waals surface area contributed by atoms with Crippen LogP contribution in [0.4, 0.5) is 20.2 Å². The normalized spacial score (nSPS) is 15.5. The number of carbonyl (C=O) groups excluding carboxylic acids is 2. The van der Waals surface area contributed by atoms with Crippen molar-refractivity contribution in [2.45, 2.75) is 6.42 Å². The number of rotatable bonds is 5. The fourth-order valence-electron chi connectivity index (χ4n) is 3.96. The lowest BCUT2D eigenvalue weighted by Crippen LogP contribution is -2.28. The SMILES string of the molecule is O=C(Nc1ccccc1-c1nc(-c2ccccc2)n[nH]1)C1CC(=O)N(c2cc(F)cc(F)c2)C1. The zero-order valence-electron chi connectivity index (χ0n) is 17.8. The van der Waals surface area contributed by atoms with Crippen molar-refractivity contribution >= 4 is 23.2 Å². The number of aromatic nitrogens is 3. The van der Waals surface area contributed by atoms with E-state index in [1.807, 2.05) is 36.4 Å². The van der Waals surface area contributed by atoms with Gasteiger partial charge in [0, 0.05) is 35.8 Å². The summed E-state index contributed by atoms with van der Waals surface area (Å²) in [5.41, 5.74) is 2.09. The van der Waals surface area contributed by atoms with Gasteiger partial charge in [-0.3, -0.25) is 14.7 Å². The van der Waals surface area contributed by atoms with Crippen molar-refractivity contribution in [1.29, 1.82) is 0 Å². The molecule has 7 nitrogen and oxygen atoms in total. The van der Waals surface area contributed by atoms with Crippen LogP contribution < -0.4 is 10.2 Å². The van der Waals surface area contributed by atoms with E-state index in [4.69, 9.17) is 0 Å². The Morgan fingerprint density at radius 3 is 2.47 bits per heavy atom. The zero-order chi connectivity index (χ0) is 23.7. The first-order valence-corrected chi connectivity index (χ1v) is 10.6. The number of halogens is 2. The van der Waals surface area contributed by atoms with Crippen LogP contribution >= 0.6 is 0 Å². The molecular weight excluding hydrogens is 440 g/mol. The van der Waals surface area contributed by atoms with Gasteiger partial charge in [-0.25, -0.2) is 13.8 Å². The molecule has 1 aliphatic rings. The Morgan fingerprint density at radius 2 is 1.71 bits per heavy atom. The maximum Gasteiger partial charge on any atom is 0.229 e. The Hall–Kier alpha value is -4.40. The lowest BCUT2D eigenvalue weighted by Gasteiger charge is -2.17. The quantitative estimate of drug-likeness (QED) is 0.463. The van der Waals surface area contributed by atoms with Gasteiger partial charge in [-0.15, -0.1) is 0 Å². The number of benzene rings is 3. The fourth-order valence-corrected chi connectivity index (χ4v) is 3.96. The summed E-state index contributed by atoms with van der Waals surface area (Å²) in [6.45, 7) is 0.0240. The van der Waals surface area contributed by atoms with Crippen molar-refractivity contribution in [2.24, 2.45) is 5.92 Å². The number of para-hydroxylation sites is 1. The fraction of sp³-hybridized carbons (Fsp3) is 0.120. The first-order chi connectivity index (χ1) is 16.5. The van der Waals surface area contributed by atoms with E-state index < -0.39 is 17.6 Å². The highest BCUT2D eigenvalue weighted by atomic mass is 19.1. The molecule has 5 rings (SSSR count). The second-order valence-electron chi connectivity index (χ2n) is 7.94. The third-order valence-corrected chi connectivity index (χ3v) is 5.61. The van der Waals surface area contributed by atoms with Crippen LogP contribution in [0.5, 0.6) is 0 Å². The number of anilines is 2. The summed E-state index contributed by atoms with van der Waals surface area (Å²) in [5, 5.41) is 10.0. The van der Waals surface area contributed by atoms with Gasteiger partial charge in [0.1, 0.15) is 11.6 Å². The van der Waals surface area contributed by atoms with E-state index in [-0.39, 0.29) is 30.5 Å². The molecule has 0 bridgehead atoms. The minimum Gasteiger partial charge on any atom is -0.325 e. The van der Waals surface area contributed by atoms with E-state index in [0.29, 0.717) is 22.9 Å². The van der Waals surface area contributed by atoms with E-state index >= 15 is 0 Å². The summed E-state index contributed by atoms with van der Waals surface area (Å²) in [6, 6.07) is 19.5. The molecular formula is C25H19F2N5O2. The van der Waals surface area contributed by atoms with E-state index in [0.717, 1.165) is 23.8 Å². The largest absolute Gasteiger partial charge is 0.325 e. The molecule has 1 saturated heterocycles. The number of hydrogen-bond acceptors (Lipinski definition) is 4. The monoisotopic (exact) mass is 459 g/mol. The van der Waals surface area contributed by atoms with Crippen molar-refractivity contribution < 1.29 is 18.4 Å². The molecule has 1 unspecified atom stereocenters. The Kier molecular flexibility index (Phi) is 5.59. The molecule has 2 heterocycles. The van der Waals surface area contributed by atoms with Gasteiger partial charge >= 0.3 is 0 Å². The molecule has 0 aliphatic carbocycles. The molecule has 2 N–H and O–H groups in total. The van der Waals surface area contributed by atoms with Crippen LogP contribution in [0.25, 0.3) is 22.8 Å². The summed E-state index contributed by atoms with van der Waals surface area (Å²) >= 11 is 0. The van der Waals surface area contributed by atoms with Crippen molar-refractivity contribution in [2.75, 3.05) is 16.8 Å². The molecule has 1 aromatic heterocycles. The smallest absolute Gasteiger partial charge is 0.229 e. The number of nitrogens with one attached hydrogen (secondary N) is 2. The zero-order valence-corrected chi connectivity index (χ0v) is 17.8. The Bertz CT molecular complexity index is 1350. The molecule has 2 amide bonds. The van der Waals surface area contributed by atoms with Gasteiger partial charge < -0.3 is 10.2 Å². The topological polar surface area (TPSA) is 91.0 Å². The van der Waals surface area contributed by atoms with Gasteiger partial charge in [-0.2, -0.15) is 5.10 Å². The van der Waals surface area contributed by atoms with Gasteiger partial charge in [-0.05, 0) is 24.3 Å². The van der Waals surface area contributed by atoms with Crippen LogP contribution in [0.1, 0.15) is 6.42 Å². The third kappa shape index (κ3) is 4.27. The molecule has 4 aromatic rings. The Labute approximate surface area is 193 Å². The third-order valence-electron chi connectivity index (χ3n) is 5.61. The van der Waals surface area contributed by atoms with Crippen molar-refractivity contribution in [3.63, 3.8) is 0 Å². The van der Waals surface area contributed by atoms with Crippen molar-refractivity contribution in [1.82, 2.24) is 15.2 Å². The van der Waals surface area contributed by atoms with Gasteiger partial charge in [0.2, 0.25) is 11.8 Å². The lowest BCUT2D eigenvalue weighted by molar-refractivity contribution is -0.122. The predicted molar refractivity (Wildman–Crippen MR) is 123 cm³/mol. The summed E-state index contributed by atoms with van der Waals surface area (Å²) in [4.78, 5) is 31.2. The standard InChI is InChI=1S/C25H19F2N5O2/c26-17-11-18(27)13-19(12-17)32-14-16(10-22(32)33)25(34)28-21-9-5-4-8-20(21)24-29-23(30-31-24)15-6-2-1-3-7-15/h1-9,11-13,16H,10,14H2,(H,28,34)(H,29,30,31). The van der Waals surface area contributed by atoms with E-state index in [1.165, 1.54) is 4.90 Å². The Morgan fingerprint density at radius 1 is 1.00 bits per heavy atom. The number of amides is 2. The van der Waals surface area contributed by atoms with E-state index in [1.54, 1.807) is 18.2 Å². The summed E-state index contributed by atoms with van der Waals surface area (Å²) in [5.74, 6) is -1.99. The molecule has 0 saturated carbocycles. The minimum absolute atomic E-state index is 0.0240. The van der Waals surface area contributed by atoms with Crippen molar-refractivity contribution in [3.8, 4) is 22.8 Å². The van der Waals surface area contributed by atoms with Crippen LogP contribution in [0.15, 0.2) is 72.8 Å². The molecule has 0 spiro atoms. The number of carbonyl (C=O) groups is 2. The average Bonchev–Trinajstić information content (AvgIpc) is 3.47. The first-order valence-electron chi connectivity index (χ1n) is 10.6. The second-order valence-corrected chi connectivity index (χ2v) is 7.94. The van der Waals surface area contributed by atoms with Gasteiger partial charge in [-0.1, -0.05) is 42.5 Å². The summed E-state index contributed by atoms with van der Waals surface area (Å²) < 4.78 is 27.2.